The highest BCUT2D eigenvalue weighted by Gasteiger charge is 2.29. The minimum Gasteiger partial charge on any atom is -0.269 e. The van der Waals surface area contributed by atoms with Crippen LogP contribution in [0.5, 0.6) is 0 Å². The molecule has 0 saturated heterocycles. The van der Waals surface area contributed by atoms with Crippen molar-refractivity contribution in [2.45, 2.75) is 343 Å². The van der Waals surface area contributed by atoms with Gasteiger partial charge in [0.05, 0.1) is 0 Å². The Hall–Kier alpha value is -6.40. The van der Waals surface area contributed by atoms with E-state index in [0.29, 0.717) is 0 Å². The van der Waals surface area contributed by atoms with E-state index in [2.05, 4.69) is 340 Å². The summed E-state index contributed by atoms with van der Waals surface area (Å²) in [4.78, 5) is 5.30. The van der Waals surface area contributed by atoms with Crippen molar-refractivity contribution in [1.82, 2.24) is 0 Å². The number of hydrogen-bond acceptors (Lipinski definition) is 5. The van der Waals surface area contributed by atoms with Crippen LogP contribution in [-0.2, 0) is 32.1 Å². The zero-order valence-corrected chi connectivity index (χ0v) is 77.4. The van der Waals surface area contributed by atoms with Gasteiger partial charge in [-0.1, -0.05) is 249 Å². The van der Waals surface area contributed by atoms with Crippen LogP contribution >= 0.6 is 63.1 Å². The molecule has 5 saturated carbocycles. The van der Waals surface area contributed by atoms with Gasteiger partial charge in [0.15, 0.2) is 0 Å². The molecule has 0 N–H and O–H groups in total. The Morgan fingerprint density at radius 1 is 0.158 bits per heavy atom. The van der Waals surface area contributed by atoms with Gasteiger partial charge in [-0.25, -0.2) is 0 Å². The predicted molar refractivity (Wildman–Crippen MR) is 526 cm³/mol. The molecule has 0 radical (unpaired) electrons. The molecule has 0 spiro atoms. The maximum atomic E-state index is 4.39. The van der Waals surface area contributed by atoms with Gasteiger partial charge in [-0.15, -0.1) is 63.1 Å². The summed E-state index contributed by atoms with van der Waals surface area (Å²) in [5.41, 5.74) is 22.7. The fourth-order valence-corrected chi connectivity index (χ4v) is 20.0. The number of halogens is 5. The third-order valence-electron chi connectivity index (χ3n) is 26.8. The van der Waals surface area contributed by atoms with Crippen LogP contribution in [0.3, 0.4) is 0 Å². The molecule has 5 aliphatic rings. The lowest BCUT2D eigenvalue weighted by atomic mass is 9.76. The lowest BCUT2D eigenvalue weighted by molar-refractivity contribution is 0.396. The molecule has 0 unspecified atom stereocenters. The third-order valence-corrected chi connectivity index (χ3v) is 28.3. The van der Waals surface area contributed by atoms with Crippen LogP contribution in [-0.4, -0.2) is 0 Å². The van der Waals surface area contributed by atoms with Crippen molar-refractivity contribution < 1.29 is 23.5 Å². The third kappa shape index (κ3) is 32.9. The highest BCUT2D eigenvalue weighted by atomic mass is 32.1. The molecule has 15 rings (SSSR count). The highest BCUT2D eigenvalue weighted by Crippen LogP contribution is 2.46. The molecule has 0 heterocycles. The summed E-state index contributed by atoms with van der Waals surface area (Å²) in [6.07, 6.45) is 45.4. The first-order valence-electron chi connectivity index (χ1n) is 45.7. The van der Waals surface area contributed by atoms with E-state index in [0.717, 1.165) is 83.7 Å². The van der Waals surface area contributed by atoms with E-state index in [4.69, 9.17) is 0 Å². The fraction of sp³-hybridized carbons (Fsp3) is 0.455. The SMILES string of the molecule is CCCCc1ccc(C2CCC(c3ccc(S)cc3)CC2)cc1.CCCCc1ccc(C2CCC(c3ccc(S)cc3)CC2)cc1.CCCCc1ccc(C2CCC(c3ccc(S)cc3)CC2)cc1.CCCCc1ccc(C2CCC(c3ccc(S)cc3)CC2)cc1.CCCCc1ccc(C2CCC(c3ccc(S)cc3)CC2)cc1.F.F.F.F.F. The van der Waals surface area contributed by atoms with Crippen molar-refractivity contribution in [3.8, 4) is 0 Å². The van der Waals surface area contributed by atoms with Gasteiger partial charge < -0.3 is 0 Å². The van der Waals surface area contributed by atoms with Gasteiger partial charge in [-0.3, -0.25) is 23.5 Å². The van der Waals surface area contributed by atoms with Crippen molar-refractivity contribution >= 4 is 63.1 Å². The number of thiol groups is 5. The number of unbranched alkanes of at least 4 members (excludes halogenated alkanes) is 5. The minimum atomic E-state index is 0. The number of hydrogen-bond donors (Lipinski definition) is 5. The maximum absolute atomic E-state index is 4.39. The topological polar surface area (TPSA) is 0 Å². The van der Waals surface area contributed by atoms with Crippen molar-refractivity contribution in [2.75, 3.05) is 0 Å². The summed E-state index contributed by atoms with van der Waals surface area (Å²) in [7, 11) is 0. The van der Waals surface area contributed by atoms with E-state index in [1.807, 2.05) is 0 Å². The second kappa shape index (κ2) is 55.8. The van der Waals surface area contributed by atoms with E-state index in [-0.39, 0.29) is 23.5 Å². The van der Waals surface area contributed by atoms with Gasteiger partial charge in [-0.05, 0) is 396 Å². The van der Waals surface area contributed by atoms with Crippen molar-refractivity contribution in [3.63, 3.8) is 0 Å². The Labute approximate surface area is 750 Å². The van der Waals surface area contributed by atoms with E-state index in [1.165, 1.54) is 280 Å². The zero-order chi connectivity index (χ0) is 80.4. The van der Waals surface area contributed by atoms with E-state index >= 15 is 0 Å². The number of rotatable bonds is 25. The van der Waals surface area contributed by atoms with Crippen LogP contribution in [0.4, 0.5) is 23.5 Å². The van der Waals surface area contributed by atoms with E-state index < -0.39 is 0 Å². The number of aryl methyl sites for hydroxylation is 5. The summed E-state index contributed by atoms with van der Waals surface area (Å²) < 4.78 is 0. The molecule has 5 fully saturated rings. The first kappa shape index (κ1) is 102. The molecule has 0 bridgehead atoms. The average Bonchev–Trinajstić information content (AvgIpc) is 0.852. The van der Waals surface area contributed by atoms with Crippen molar-refractivity contribution in [2.24, 2.45) is 0 Å². The molecule has 5 aliphatic carbocycles. The molecular weight excluding hydrogens is 1580 g/mol. The first-order chi connectivity index (χ1) is 56.3. The van der Waals surface area contributed by atoms with Crippen molar-refractivity contribution in [1.29, 1.82) is 0 Å². The molecule has 0 atom stereocenters. The van der Waals surface area contributed by atoms with Gasteiger partial charge in [0, 0.05) is 24.5 Å². The monoisotopic (exact) mass is 1720 g/mol. The molecule has 0 amide bonds. The molecular formula is C110H145F5S5. The summed E-state index contributed by atoms with van der Waals surface area (Å²) in [5.74, 6) is 7.50. The maximum Gasteiger partial charge on any atom is 0.00401 e. The average molecular weight is 1720 g/mol. The molecule has 650 valence electrons. The summed E-state index contributed by atoms with van der Waals surface area (Å²) in [5, 5.41) is 0. The summed E-state index contributed by atoms with van der Waals surface area (Å²) >= 11 is 21.9. The van der Waals surface area contributed by atoms with Crippen LogP contribution in [0.2, 0.25) is 0 Å². The number of benzene rings is 10. The van der Waals surface area contributed by atoms with Crippen LogP contribution in [0.25, 0.3) is 0 Å². The normalized spacial score (nSPS) is 20.4. The van der Waals surface area contributed by atoms with Crippen molar-refractivity contribution in [3.05, 3.63) is 326 Å². The Morgan fingerprint density at radius 3 is 0.342 bits per heavy atom. The van der Waals surface area contributed by atoms with Gasteiger partial charge in [0.2, 0.25) is 0 Å². The van der Waals surface area contributed by atoms with E-state index in [1.54, 1.807) is 27.8 Å². The standard InChI is InChI=1S/5C22H28S.5FH/c5*1-2-3-4-17-5-7-18(8-6-17)19-9-11-20(12-10-19)21-13-15-22(23)16-14-21;;;;;/h5*5-8,13-16,19-20,23H,2-4,9-12H2,1H3;5*1H. The molecule has 0 aromatic heterocycles. The Balaban J connectivity index is 0.000000230. The lowest BCUT2D eigenvalue weighted by Crippen LogP contribution is -2.12. The molecule has 10 aromatic rings. The first-order valence-corrected chi connectivity index (χ1v) is 47.9. The fourth-order valence-electron chi connectivity index (χ4n) is 19.2. The highest BCUT2D eigenvalue weighted by molar-refractivity contribution is 7.81. The van der Waals surface area contributed by atoms with E-state index in [9.17, 15) is 0 Å². The molecule has 10 heteroatoms. The van der Waals surface area contributed by atoms with Gasteiger partial charge in [0.1, 0.15) is 0 Å². The molecule has 10 aromatic carbocycles. The minimum absolute atomic E-state index is 0. The molecule has 120 heavy (non-hydrogen) atoms. The van der Waals surface area contributed by atoms with Gasteiger partial charge in [0.25, 0.3) is 0 Å². The zero-order valence-electron chi connectivity index (χ0n) is 72.9. The second-order valence-electron chi connectivity index (χ2n) is 34.9. The summed E-state index contributed by atoms with van der Waals surface area (Å²) in [6.45, 7) is 11.3. The lowest BCUT2D eigenvalue weighted by Gasteiger charge is -2.29. The smallest absolute Gasteiger partial charge is 0.00401 e. The largest absolute Gasteiger partial charge is 0.269 e. The Kier molecular flexibility index (Phi) is 47.6. The van der Waals surface area contributed by atoms with Crippen LogP contribution in [0.1, 0.15) is 370 Å². The summed E-state index contributed by atoms with van der Waals surface area (Å²) in [6, 6.07) is 91.1. The van der Waals surface area contributed by atoms with Gasteiger partial charge >= 0.3 is 0 Å². The van der Waals surface area contributed by atoms with Crippen LogP contribution in [0.15, 0.2) is 267 Å². The quantitative estimate of drug-likeness (QED) is 0.0273. The Morgan fingerprint density at radius 2 is 0.250 bits per heavy atom. The Bertz CT molecular complexity index is 3630. The van der Waals surface area contributed by atoms with Crippen LogP contribution < -0.4 is 0 Å². The molecule has 0 aliphatic heterocycles. The van der Waals surface area contributed by atoms with Gasteiger partial charge in [-0.2, -0.15) is 0 Å². The predicted octanol–water partition coefficient (Wildman–Crippen LogP) is 34.6. The van der Waals surface area contributed by atoms with Crippen LogP contribution in [0, 0.1) is 0 Å². The molecule has 0 nitrogen and oxygen atoms in total. The second-order valence-corrected chi connectivity index (χ2v) is 37.5.